The molecule has 0 saturated heterocycles. The highest BCUT2D eigenvalue weighted by Crippen LogP contribution is 2.53. The van der Waals surface area contributed by atoms with Crippen LogP contribution in [0.15, 0.2) is 18.2 Å². The van der Waals surface area contributed by atoms with E-state index in [9.17, 15) is 34.2 Å². The summed E-state index contributed by atoms with van der Waals surface area (Å²) in [4.78, 5) is 64.5. The number of carbonyl (C=O) groups is 5. The number of benzene rings is 1. The summed E-state index contributed by atoms with van der Waals surface area (Å²) in [6.45, 7) is 1.73. The standard InChI is InChI=1S/C21H22N2O7/c1-7-8-4-3-5-10(24)13(8)17(27)15-12(7)16(26)9-6-11(25)14(20(22)30)18(28)21(9,23-2)19(15)29/h3-5,7,9,12,14-16,23-24,26H,6H2,1-2H3,(H2,22,30)/t7-,9-,12+,14?,15?,16-,21+/m0/s1. The number of ketones is 4. The third-order valence-electron chi connectivity index (χ3n) is 7.16. The minimum atomic E-state index is -2.09. The van der Waals surface area contributed by atoms with Gasteiger partial charge in [-0.15, -0.1) is 0 Å². The lowest BCUT2D eigenvalue weighted by atomic mass is 9.49. The number of hydrogen-bond donors (Lipinski definition) is 4. The number of fused-ring (bicyclic) bond motifs is 3. The van der Waals surface area contributed by atoms with Gasteiger partial charge in [-0.05, 0) is 24.6 Å². The molecule has 2 saturated carbocycles. The maximum Gasteiger partial charge on any atom is 0.235 e. The molecule has 0 aromatic heterocycles. The Morgan fingerprint density at radius 3 is 2.47 bits per heavy atom. The Labute approximate surface area is 171 Å². The number of aliphatic hydroxyl groups excluding tert-OH is 1. The molecular weight excluding hydrogens is 392 g/mol. The van der Waals surface area contributed by atoms with Gasteiger partial charge in [0.25, 0.3) is 0 Å². The van der Waals surface area contributed by atoms with Crippen molar-refractivity contribution >= 4 is 29.0 Å². The zero-order chi connectivity index (χ0) is 22.1. The molecule has 7 atom stereocenters. The van der Waals surface area contributed by atoms with Crippen molar-refractivity contribution in [3.8, 4) is 5.75 Å². The number of phenolic OH excluding ortho intramolecular Hbond substituents is 1. The molecule has 3 aliphatic carbocycles. The lowest BCUT2D eigenvalue weighted by Crippen LogP contribution is -2.77. The molecule has 158 valence electrons. The van der Waals surface area contributed by atoms with Crippen LogP contribution < -0.4 is 11.1 Å². The number of phenols is 1. The second-order valence-electron chi connectivity index (χ2n) is 8.34. The molecule has 1 aromatic carbocycles. The van der Waals surface area contributed by atoms with E-state index in [0.29, 0.717) is 5.56 Å². The first-order valence-corrected chi connectivity index (χ1v) is 9.73. The smallest absolute Gasteiger partial charge is 0.235 e. The summed E-state index contributed by atoms with van der Waals surface area (Å²) in [6, 6.07) is 4.54. The number of nitrogens with two attached hydrogens (primary N) is 1. The first kappa shape index (κ1) is 20.4. The SMILES string of the molecule is CN[C@@]12C(=O)C(C(N)=O)C(=O)C[C@H]1[C@H](O)[C@H]1C(C(=O)c3c(O)cccc3[C@@H]1C)C2=O. The van der Waals surface area contributed by atoms with E-state index >= 15 is 0 Å². The van der Waals surface area contributed by atoms with Crippen LogP contribution >= 0.6 is 0 Å². The van der Waals surface area contributed by atoms with E-state index in [1.807, 2.05) is 0 Å². The summed E-state index contributed by atoms with van der Waals surface area (Å²) in [6.07, 6.45) is -1.75. The molecule has 0 aliphatic heterocycles. The van der Waals surface area contributed by atoms with Gasteiger partial charge in [-0.2, -0.15) is 0 Å². The highest BCUT2D eigenvalue weighted by atomic mass is 16.3. The van der Waals surface area contributed by atoms with E-state index in [4.69, 9.17) is 5.73 Å². The molecule has 9 heteroatoms. The summed E-state index contributed by atoms with van der Waals surface area (Å²) in [5, 5.41) is 24.1. The number of carbonyl (C=O) groups excluding carboxylic acids is 5. The van der Waals surface area contributed by atoms with Gasteiger partial charge in [0.15, 0.2) is 29.1 Å². The minimum Gasteiger partial charge on any atom is -0.507 e. The lowest BCUT2D eigenvalue weighted by molar-refractivity contribution is -0.166. The van der Waals surface area contributed by atoms with Gasteiger partial charge in [-0.25, -0.2) is 0 Å². The largest absolute Gasteiger partial charge is 0.507 e. The number of amides is 1. The van der Waals surface area contributed by atoms with Crippen LogP contribution in [0.5, 0.6) is 5.75 Å². The Bertz CT molecular complexity index is 1020. The van der Waals surface area contributed by atoms with Gasteiger partial charge in [0, 0.05) is 18.3 Å². The molecule has 30 heavy (non-hydrogen) atoms. The van der Waals surface area contributed by atoms with Crippen LogP contribution in [0.25, 0.3) is 0 Å². The van der Waals surface area contributed by atoms with E-state index in [1.54, 1.807) is 19.1 Å². The highest BCUT2D eigenvalue weighted by Gasteiger charge is 2.69. The molecule has 2 unspecified atom stereocenters. The predicted octanol–water partition coefficient (Wildman–Crippen LogP) is -0.914. The summed E-state index contributed by atoms with van der Waals surface area (Å²) < 4.78 is 0. The topological polar surface area (TPSA) is 164 Å². The van der Waals surface area contributed by atoms with Crippen molar-refractivity contribution in [1.29, 1.82) is 0 Å². The fourth-order valence-electron chi connectivity index (χ4n) is 5.78. The Balaban J connectivity index is 1.93. The molecule has 5 N–H and O–H groups in total. The Kier molecular flexibility index (Phi) is 4.44. The quantitative estimate of drug-likeness (QED) is 0.452. The number of primary amides is 1. The van der Waals surface area contributed by atoms with Crippen molar-refractivity contribution in [3.63, 3.8) is 0 Å². The van der Waals surface area contributed by atoms with Gasteiger partial charge >= 0.3 is 0 Å². The normalized spacial score (nSPS) is 38.0. The summed E-state index contributed by atoms with van der Waals surface area (Å²) in [7, 11) is 1.31. The number of aromatic hydroxyl groups is 1. The molecule has 4 rings (SSSR count). The molecule has 1 amide bonds. The van der Waals surface area contributed by atoms with E-state index in [2.05, 4.69) is 5.32 Å². The van der Waals surface area contributed by atoms with Crippen molar-refractivity contribution in [1.82, 2.24) is 5.32 Å². The van der Waals surface area contributed by atoms with Crippen molar-refractivity contribution in [2.24, 2.45) is 29.4 Å². The maximum absolute atomic E-state index is 13.7. The van der Waals surface area contributed by atoms with Crippen LogP contribution in [0, 0.1) is 23.7 Å². The molecule has 0 radical (unpaired) electrons. The maximum atomic E-state index is 13.7. The van der Waals surface area contributed by atoms with Gasteiger partial charge in [0.05, 0.1) is 17.6 Å². The number of aliphatic hydroxyl groups is 1. The lowest BCUT2D eigenvalue weighted by Gasteiger charge is -2.54. The molecule has 2 fully saturated rings. The zero-order valence-corrected chi connectivity index (χ0v) is 16.4. The molecule has 1 aromatic rings. The summed E-state index contributed by atoms with van der Waals surface area (Å²) >= 11 is 0. The Morgan fingerprint density at radius 1 is 1.20 bits per heavy atom. The second kappa shape index (κ2) is 6.55. The second-order valence-corrected chi connectivity index (χ2v) is 8.34. The first-order valence-electron chi connectivity index (χ1n) is 9.73. The van der Waals surface area contributed by atoms with Crippen molar-refractivity contribution in [3.05, 3.63) is 29.3 Å². The van der Waals surface area contributed by atoms with Gasteiger partial charge in [-0.3, -0.25) is 24.0 Å². The number of likely N-dealkylation sites (N-methyl/N-ethyl adjacent to an activating group) is 1. The minimum absolute atomic E-state index is 0.0118. The van der Waals surface area contributed by atoms with E-state index < -0.39 is 76.7 Å². The van der Waals surface area contributed by atoms with Gasteiger partial charge in [0.2, 0.25) is 5.91 Å². The average Bonchev–Trinajstić information content (AvgIpc) is 2.68. The fraction of sp³-hybridized carbons (Fsp3) is 0.476. The Morgan fingerprint density at radius 2 is 1.87 bits per heavy atom. The van der Waals surface area contributed by atoms with Gasteiger partial charge in [0.1, 0.15) is 11.3 Å². The third kappa shape index (κ3) is 2.27. The third-order valence-corrected chi connectivity index (χ3v) is 7.16. The van der Waals surface area contributed by atoms with Gasteiger partial charge in [-0.1, -0.05) is 19.1 Å². The first-order chi connectivity index (χ1) is 14.1. The monoisotopic (exact) mass is 414 g/mol. The van der Waals surface area contributed by atoms with Gasteiger partial charge < -0.3 is 21.3 Å². The average molecular weight is 414 g/mol. The number of hydrogen-bond acceptors (Lipinski definition) is 8. The number of Topliss-reactive ketones (excluding diaryl/α,β-unsaturated/α-hetero) is 4. The molecule has 9 nitrogen and oxygen atoms in total. The van der Waals surface area contributed by atoms with Crippen molar-refractivity contribution in [2.75, 3.05) is 7.05 Å². The molecule has 0 bridgehead atoms. The summed E-state index contributed by atoms with van der Waals surface area (Å²) in [5.41, 5.74) is 3.64. The summed E-state index contributed by atoms with van der Waals surface area (Å²) in [5.74, 6) is -10.5. The van der Waals surface area contributed by atoms with E-state index in [1.165, 1.54) is 13.1 Å². The zero-order valence-electron chi connectivity index (χ0n) is 16.4. The van der Waals surface area contributed by atoms with Crippen LogP contribution in [0.3, 0.4) is 0 Å². The molecule has 3 aliphatic rings. The Hall–Kier alpha value is -2.91. The van der Waals surface area contributed by atoms with Crippen molar-refractivity contribution < 1.29 is 34.2 Å². The van der Waals surface area contributed by atoms with E-state index in [-0.39, 0.29) is 11.3 Å². The van der Waals surface area contributed by atoms with Crippen LogP contribution in [0.4, 0.5) is 0 Å². The number of nitrogens with one attached hydrogen (secondary N) is 1. The van der Waals surface area contributed by atoms with Crippen molar-refractivity contribution in [2.45, 2.75) is 30.9 Å². The molecule has 0 spiro atoms. The molecule has 0 heterocycles. The van der Waals surface area contributed by atoms with Crippen LogP contribution in [-0.4, -0.2) is 57.9 Å². The van der Waals surface area contributed by atoms with Crippen LogP contribution in [0.1, 0.15) is 35.2 Å². The number of rotatable bonds is 2. The fourth-order valence-corrected chi connectivity index (χ4v) is 5.78. The van der Waals surface area contributed by atoms with Crippen LogP contribution in [-0.2, 0) is 19.2 Å². The predicted molar refractivity (Wildman–Crippen MR) is 101 cm³/mol. The van der Waals surface area contributed by atoms with E-state index in [0.717, 1.165) is 0 Å². The molecular formula is C21H22N2O7. The van der Waals surface area contributed by atoms with Crippen LogP contribution in [0.2, 0.25) is 0 Å². The highest BCUT2D eigenvalue weighted by molar-refractivity contribution is 6.32.